The van der Waals surface area contributed by atoms with E-state index in [9.17, 15) is 4.79 Å². The first-order valence-electron chi connectivity index (χ1n) is 6.70. The number of aryl methyl sites for hydroxylation is 1. The van der Waals surface area contributed by atoms with Crippen molar-refractivity contribution < 1.29 is 14.3 Å². The Kier molecular flexibility index (Phi) is 7.59. The second-order valence-electron chi connectivity index (χ2n) is 4.28. The number of ether oxygens (including phenoxy) is 2. The molecule has 3 nitrogen and oxygen atoms in total. The molecule has 0 atom stereocenters. The Hall–Kier alpha value is -1.61. The Morgan fingerprint density at radius 2 is 1.95 bits per heavy atom. The van der Waals surface area contributed by atoms with Gasteiger partial charge in [-0.15, -0.1) is 0 Å². The fourth-order valence-electron chi connectivity index (χ4n) is 1.66. The quantitative estimate of drug-likeness (QED) is 0.389. The molecule has 104 valence electrons. The molecular formula is C16H22O3. The molecule has 1 aromatic carbocycles. The van der Waals surface area contributed by atoms with Crippen LogP contribution in [0.1, 0.15) is 25.3 Å². The molecule has 0 aliphatic carbocycles. The van der Waals surface area contributed by atoms with E-state index in [1.165, 1.54) is 5.56 Å². The van der Waals surface area contributed by atoms with Gasteiger partial charge in [0, 0.05) is 18.6 Å². The summed E-state index contributed by atoms with van der Waals surface area (Å²) in [6.45, 7) is 7.07. The second-order valence-corrected chi connectivity index (χ2v) is 4.28. The maximum Gasteiger partial charge on any atom is 0.333 e. The van der Waals surface area contributed by atoms with Crippen LogP contribution in [-0.4, -0.2) is 25.8 Å². The van der Waals surface area contributed by atoms with Crippen molar-refractivity contribution in [2.75, 3.05) is 19.8 Å². The average molecular weight is 262 g/mol. The molecule has 0 aliphatic rings. The van der Waals surface area contributed by atoms with Gasteiger partial charge >= 0.3 is 5.97 Å². The largest absolute Gasteiger partial charge is 0.463 e. The van der Waals surface area contributed by atoms with Crippen LogP contribution in [0.5, 0.6) is 0 Å². The van der Waals surface area contributed by atoms with Gasteiger partial charge in [-0.25, -0.2) is 4.79 Å². The van der Waals surface area contributed by atoms with E-state index in [4.69, 9.17) is 9.47 Å². The van der Waals surface area contributed by atoms with E-state index in [0.29, 0.717) is 31.8 Å². The third-order valence-electron chi connectivity index (χ3n) is 2.71. The van der Waals surface area contributed by atoms with Crippen molar-refractivity contribution in [2.45, 2.75) is 26.2 Å². The van der Waals surface area contributed by atoms with E-state index in [1.54, 1.807) is 6.92 Å². The van der Waals surface area contributed by atoms with Crippen LogP contribution in [0.15, 0.2) is 42.5 Å². The molecule has 0 saturated carbocycles. The first-order valence-corrected chi connectivity index (χ1v) is 6.70. The summed E-state index contributed by atoms with van der Waals surface area (Å²) in [6.07, 6.45) is 2.53. The minimum absolute atomic E-state index is 0.324. The van der Waals surface area contributed by atoms with Crippen molar-refractivity contribution in [2.24, 2.45) is 0 Å². The minimum atomic E-state index is -0.324. The molecule has 0 amide bonds. The number of hydrogen-bond donors (Lipinski definition) is 0. The van der Waals surface area contributed by atoms with Gasteiger partial charge in [-0.05, 0) is 25.3 Å². The van der Waals surface area contributed by atoms with Crippen LogP contribution >= 0.6 is 0 Å². The zero-order chi connectivity index (χ0) is 13.9. The van der Waals surface area contributed by atoms with Crippen LogP contribution in [0.3, 0.4) is 0 Å². The second kappa shape index (κ2) is 9.34. The lowest BCUT2D eigenvalue weighted by Gasteiger charge is -2.06. The van der Waals surface area contributed by atoms with Gasteiger partial charge in [0.15, 0.2) is 0 Å². The lowest BCUT2D eigenvalue weighted by molar-refractivity contribution is -0.138. The molecule has 0 unspecified atom stereocenters. The summed E-state index contributed by atoms with van der Waals surface area (Å²) < 4.78 is 10.3. The highest BCUT2D eigenvalue weighted by Gasteiger charge is 2.06. The Bertz CT molecular complexity index is 384. The number of hydrogen-bond acceptors (Lipinski definition) is 3. The summed E-state index contributed by atoms with van der Waals surface area (Å²) in [7, 11) is 0. The summed E-state index contributed by atoms with van der Waals surface area (Å²) in [4.78, 5) is 11.3. The summed E-state index contributed by atoms with van der Waals surface area (Å²) in [5, 5.41) is 0. The smallest absolute Gasteiger partial charge is 0.333 e. The molecule has 3 heteroatoms. The fourth-order valence-corrected chi connectivity index (χ4v) is 1.66. The Morgan fingerprint density at radius 1 is 1.21 bits per heavy atom. The highest BCUT2D eigenvalue weighted by Crippen LogP contribution is 2.04. The van der Waals surface area contributed by atoms with E-state index in [-0.39, 0.29) is 5.97 Å². The lowest BCUT2D eigenvalue weighted by atomic mass is 10.1. The zero-order valence-electron chi connectivity index (χ0n) is 11.6. The van der Waals surface area contributed by atoms with E-state index in [0.717, 1.165) is 12.8 Å². The summed E-state index contributed by atoms with van der Waals surface area (Å²) in [5.74, 6) is -0.324. The standard InChI is InChI=1S/C16H22O3/c1-3-19-16(17)14(2)11-13-18-12-7-10-15-8-5-4-6-9-15/h4-6,8-9H,2-3,7,10-13H2,1H3. The van der Waals surface area contributed by atoms with Crippen molar-refractivity contribution in [3.8, 4) is 0 Å². The summed E-state index contributed by atoms with van der Waals surface area (Å²) in [6, 6.07) is 10.3. The first-order chi connectivity index (χ1) is 9.24. The minimum Gasteiger partial charge on any atom is -0.463 e. The zero-order valence-corrected chi connectivity index (χ0v) is 11.6. The van der Waals surface area contributed by atoms with Gasteiger partial charge in [-0.2, -0.15) is 0 Å². The van der Waals surface area contributed by atoms with Crippen molar-refractivity contribution in [3.05, 3.63) is 48.0 Å². The molecule has 0 N–H and O–H groups in total. The third-order valence-corrected chi connectivity index (χ3v) is 2.71. The van der Waals surface area contributed by atoms with Gasteiger partial charge < -0.3 is 9.47 Å². The van der Waals surface area contributed by atoms with Crippen LogP contribution in [-0.2, 0) is 20.7 Å². The maximum atomic E-state index is 11.3. The Labute approximate surface area is 115 Å². The first kappa shape index (κ1) is 15.4. The number of esters is 1. The summed E-state index contributed by atoms with van der Waals surface area (Å²) >= 11 is 0. The van der Waals surface area contributed by atoms with Gasteiger partial charge in [0.1, 0.15) is 0 Å². The highest BCUT2D eigenvalue weighted by molar-refractivity contribution is 5.87. The van der Waals surface area contributed by atoms with Gasteiger partial charge in [0.05, 0.1) is 13.2 Å². The molecule has 1 aromatic rings. The van der Waals surface area contributed by atoms with Crippen LogP contribution in [0.2, 0.25) is 0 Å². The molecule has 1 rings (SSSR count). The van der Waals surface area contributed by atoms with Gasteiger partial charge in [0.25, 0.3) is 0 Å². The third kappa shape index (κ3) is 6.77. The van der Waals surface area contributed by atoms with Crippen molar-refractivity contribution in [1.82, 2.24) is 0 Å². The molecule has 0 saturated heterocycles. The van der Waals surface area contributed by atoms with Crippen LogP contribution in [0.4, 0.5) is 0 Å². The van der Waals surface area contributed by atoms with E-state index in [1.807, 2.05) is 18.2 Å². The van der Waals surface area contributed by atoms with E-state index >= 15 is 0 Å². The van der Waals surface area contributed by atoms with Gasteiger partial charge in [0.2, 0.25) is 0 Å². The van der Waals surface area contributed by atoms with Crippen molar-refractivity contribution in [1.29, 1.82) is 0 Å². The van der Waals surface area contributed by atoms with Crippen molar-refractivity contribution >= 4 is 5.97 Å². The summed E-state index contributed by atoms with van der Waals surface area (Å²) in [5.41, 5.74) is 1.80. The number of carbonyl (C=O) groups excluding carboxylic acids is 1. The molecule has 0 radical (unpaired) electrons. The molecular weight excluding hydrogens is 240 g/mol. The normalized spacial score (nSPS) is 10.2. The maximum absolute atomic E-state index is 11.3. The average Bonchev–Trinajstić information content (AvgIpc) is 2.43. The molecule has 0 aromatic heterocycles. The van der Waals surface area contributed by atoms with Crippen LogP contribution < -0.4 is 0 Å². The number of rotatable bonds is 9. The number of carbonyl (C=O) groups is 1. The molecule has 0 spiro atoms. The van der Waals surface area contributed by atoms with Gasteiger partial charge in [-0.1, -0.05) is 36.9 Å². The Morgan fingerprint density at radius 3 is 2.63 bits per heavy atom. The van der Waals surface area contributed by atoms with Crippen molar-refractivity contribution in [3.63, 3.8) is 0 Å². The van der Waals surface area contributed by atoms with E-state index in [2.05, 4.69) is 18.7 Å². The lowest BCUT2D eigenvalue weighted by Crippen LogP contribution is -2.09. The topological polar surface area (TPSA) is 35.5 Å². The van der Waals surface area contributed by atoms with Crippen LogP contribution in [0.25, 0.3) is 0 Å². The number of benzene rings is 1. The molecule has 0 bridgehead atoms. The fraction of sp³-hybridized carbons (Fsp3) is 0.438. The molecule has 0 aliphatic heterocycles. The molecule has 0 fully saturated rings. The van der Waals surface area contributed by atoms with E-state index < -0.39 is 0 Å². The molecule has 0 heterocycles. The monoisotopic (exact) mass is 262 g/mol. The molecule has 19 heavy (non-hydrogen) atoms. The predicted octanol–water partition coefficient (Wildman–Crippen LogP) is 3.15. The van der Waals surface area contributed by atoms with Gasteiger partial charge in [-0.3, -0.25) is 0 Å². The Balaban J connectivity index is 2.02. The highest BCUT2D eigenvalue weighted by atomic mass is 16.5. The SMILES string of the molecule is C=C(CCOCCCc1ccccc1)C(=O)OCC. The predicted molar refractivity (Wildman–Crippen MR) is 76.0 cm³/mol. The van der Waals surface area contributed by atoms with Crippen LogP contribution in [0, 0.1) is 0 Å².